The van der Waals surface area contributed by atoms with E-state index in [9.17, 15) is 22.8 Å². The second-order valence-corrected chi connectivity index (χ2v) is 10.6. The molecule has 3 aromatic rings. The van der Waals surface area contributed by atoms with Gasteiger partial charge in [0.15, 0.2) is 0 Å². The minimum atomic E-state index is -4.69. The molecule has 1 unspecified atom stereocenters. The molecule has 11 nitrogen and oxygen atoms in total. The number of piperidine rings is 1. The Morgan fingerprint density at radius 2 is 2.02 bits per heavy atom. The summed E-state index contributed by atoms with van der Waals surface area (Å²) in [7, 11) is 1.09. The molecule has 1 saturated carbocycles. The number of likely N-dealkylation sites (tertiary alicyclic amines) is 1. The molecule has 43 heavy (non-hydrogen) atoms. The number of ether oxygens (including phenoxy) is 1. The van der Waals surface area contributed by atoms with E-state index < -0.39 is 23.6 Å². The van der Waals surface area contributed by atoms with E-state index >= 15 is 0 Å². The number of fused-ring (bicyclic) bond motifs is 1. The van der Waals surface area contributed by atoms with Crippen LogP contribution >= 0.6 is 0 Å². The van der Waals surface area contributed by atoms with Crippen molar-refractivity contribution in [3.8, 4) is 17.0 Å². The lowest BCUT2D eigenvalue weighted by Gasteiger charge is -2.32. The van der Waals surface area contributed by atoms with Crippen molar-refractivity contribution in [3.05, 3.63) is 53.8 Å². The van der Waals surface area contributed by atoms with Gasteiger partial charge in [0.05, 0.1) is 6.10 Å². The maximum Gasteiger partial charge on any atom is 0.431 e. The summed E-state index contributed by atoms with van der Waals surface area (Å²) in [6.07, 6.45) is 2.96. The number of allylic oxidation sites excluding steroid dienone is 1. The lowest BCUT2D eigenvalue weighted by Crippen LogP contribution is -2.39. The minimum absolute atomic E-state index is 0.0366. The van der Waals surface area contributed by atoms with Gasteiger partial charge in [-0.1, -0.05) is 6.92 Å². The number of nitrogens with one attached hydrogen (secondary N) is 1. The van der Waals surface area contributed by atoms with Crippen molar-refractivity contribution in [1.82, 2.24) is 24.6 Å². The molecule has 1 aromatic carbocycles. The van der Waals surface area contributed by atoms with Crippen molar-refractivity contribution in [1.29, 1.82) is 0 Å². The molecule has 2 fully saturated rings. The summed E-state index contributed by atoms with van der Waals surface area (Å²) >= 11 is 0. The van der Waals surface area contributed by atoms with E-state index in [1.807, 2.05) is 21.5 Å². The van der Waals surface area contributed by atoms with E-state index in [-0.39, 0.29) is 29.3 Å². The normalized spacial score (nSPS) is 18.2. The predicted molar refractivity (Wildman–Crippen MR) is 154 cm³/mol. The Morgan fingerprint density at radius 1 is 1.26 bits per heavy atom. The van der Waals surface area contributed by atoms with Crippen LogP contribution in [0.5, 0.6) is 5.75 Å². The number of carbonyl (C=O) groups is 2. The SMILES string of the molecule is CCC(=O)N1CCCC(c2nc(-c3ccc(C(=O)N=C(N)/C=C(\NC)C(F)(F)F)cc3OC3CC3)c3c(N)nccn23)C1. The smallest absolute Gasteiger partial charge is 0.431 e. The number of nitrogens with two attached hydrogens (primary N) is 2. The molecule has 2 aromatic heterocycles. The van der Waals surface area contributed by atoms with Crippen LogP contribution in [0.2, 0.25) is 0 Å². The van der Waals surface area contributed by atoms with Gasteiger partial charge in [-0.15, -0.1) is 0 Å². The largest absolute Gasteiger partial charge is 0.490 e. The summed E-state index contributed by atoms with van der Waals surface area (Å²) in [6.45, 7) is 3.08. The topological polar surface area (TPSA) is 153 Å². The number of hydrogen-bond acceptors (Lipinski definition) is 7. The van der Waals surface area contributed by atoms with Crippen molar-refractivity contribution in [2.24, 2.45) is 10.7 Å². The van der Waals surface area contributed by atoms with Crippen LogP contribution in [0.3, 0.4) is 0 Å². The standard InChI is InChI=1S/C29H33F3N8O3/c1-3-23(41)39-11-4-5-17(15-39)27-38-24(25-26(34)36-10-12-40(25)27)19-9-6-16(13-20(19)43-18-7-8-18)28(42)37-22(33)14-21(35-2)29(30,31)32/h6,9-10,12-14,17-18,35H,3-5,7-8,11,15H2,1-2H3,(H2,34,36)(H2,33,37,42)/b21-14-. The maximum atomic E-state index is 13.1. The zero-order valence-electron chi connectivity index (χ0n) is 23.8. The lowest BCUT2D eigenvalue weighted by molar-refractivity contribution is -0.132. The average molecular weight is 599 g/mol. The van der Waals surface area contributed by atoms with Gasteiger partial charge in [0.2, 0.25) is 5.91 Å². The predicted octanol–water partition coefficient (Wildman–Crippen LogP) is 3.80. The maximum absolute atomic E-state index is 13.1. The quantitative estimate of drug-likeness (QED) is 0.262. The number of halogens is 3. The number of amidine groups is 1. The summed E-state index contributed by atoms with van der Waals surface area (Å²) in [5.74, 6) is -0.0490. The van der Waals surface area contributed by atoms with Gasteiger partial charge in [-0.2, -0.15) is 18.2 Å². The Kier molecular flexibility index (Phi) is 8.29. The third kappa shape index (κ3) is 6.42. The number of carbonyl (C=O) groups excluding carboxylic acids is 2. The molecule has 1 aliphatic carbocycles. The van der Waals surface area contributed by atoms with E-state index in [0.29, 0.717) is 48.1 Å². The first-order valence-corrected chi connectivity index (χ1v) is 14.1. The van der Waals surface area contributed by atoms with Crippen LogP contribution in [0.15, 0.2) is 47.4 Å². The highest BCUT2D eigenvalue weighted by Crippen LogP contribution is 2.40. The zero-order valence-corrected chi connectivity index (χ0v) is 23.8. The number of hydrogen-bond donors (Lipinski definition) is 3. The molecule has 1 aliphatic heterocycles. The fourth-order valence-electron chi connectivity index (χ4n) is 5.17. The van der Waals surface area contributed by atoms with Crippen molar-refractivity contribution in [3.63, 3.8) is 0 Å². The van der Waals surface area contributed by atoms with Crippen molar-refractivity contribution in [2.45, 2.75) is 57.2 Å². The van der Waals surface area contributed by atoms with Gasteiger partial charge in [-0.05, 0) is 43.9 Å². The van der Waals surface area contributed by atoms with Crippen molar-refractivity contribution < 1.29 is 27.5 Å². The van der Waals surface area contributed by atoms with Gasteiger partial charge in [0.25, 0.3) is 5.91 Å². The van der Waals surface area contributed by atoms with Gasteiger partial charge >= 0.3 is 6.18 Å². The number of aromatic nitrogens is 3. The van der Waals surface area contributed by atoms with Gasteiger partial charge in [-0.3, -0.25) is 14.0 Å². The number of nitrogens with zero attached hydrogens (tertiary/aromatic N) is 5. The second kappa shape index (κ2) is 11.9. The molecule has 5 rings (SSSR count). The first-order chi connectivity index (χ1) is 20.5. The van der Waals surface area contributed by atoms with E-state index in [0.717, 1.165) is 38.6 Å². The van der Waals surface area contributed by atoms with Crippen LogP contribution in [0, 0.1) is 0 Å². The van der Waals surface area contributed by atoms with Crippen LogP contribution in [0.1, 0.15) is 61.1 Å². The highest BCUT2D eigenvalue weighted by molar-refractivity contribution is 6.07. The van der Waals surface area contributed by atoms with Crippen LogP contribution in [0.25, 0.3) is 16.8 Å². The first-order valence-electron chi connectivity index (χ1n) is 14.1. The number of anilines is 1. The molecule has 1 atom stereocenters. The van der Waals surface area contributed by atoms with E-state index in [2.05, 4.69) is 9.98 Å². The number of imidazole rings is 1. The molecular weight excluding hydrogens is 565 g/mol. The summed E-state index contributed by atoms with van der Waals surface area (Å²) < 4.78 is 47.3. The molecule has 14 heteroatoms. The van der Waals surface area contributed by atoms with E-state index in [1.54, 1.807) is 18.5 Å². The van der Waals surface area contributed by atoms with Gasteiger partial charge in [0, 0.05) is 62.1 Å². The fourth-order valence-corrected chi connectivity index (χ4v) is 5.17. The lowest BCUT2D eigenvalue weighted by atomic mass is 9.97. The Hall–Kier alpha value is -4.62. The van der Waals surface area contributed by atoms with Crippen LogP contribution in [-0.2, 0) is 4.79 Å². The molecule has 2 amide bonds. The van der Waals surface area contributed by atoms with Gasteiger partial charge in [0.1, 0.15) is 40.1 Å². The summed E-state index contributed by atoms with van der Waals surface area (Å²) in [6, 6.07) is 4.62. The third-order valence-corrected chi connectivity index (χ3v) is 7.45. The number of aliphatic imine (C=N–C) groups is 1. The monoisotopic (exact) mass is 598 g/mol. The Balaban J connectivity index is 1.55. The highest BCUT2D eigenvalue weighted by Gasteiger charge is 2.34. The zero-order chi connectivity index (χ0) is 30.9. The molecule has 1 saturated heterocycles. The summed E-state index contributed by atoms with van der Waals surface area (Å²) in [4.78, 5) is 40.2. The molecule has 0 bridgehead atoms. The minimum Gasteiger partial charge on any atom is -0.490 e. The Morgan fingerprint density at radius 3 is 2.70 bits per heavy atom. The summed E-state index contributed by atoms with van der Waals surface area (Å²) in [5, 5.41) is 2.01. The molecule has 0 radical (unpaired) electrons. The van der Waals surface area contributed by atoms with Gasteiger partial charge < -0.3 is 26.4 Å². The molecular formula is C29H33F3N8O3. The third-order valence-electron chi connectivity index (χ3n) is 7.45. The molecule has 5 N–H and O–H groups in total. The Labute approximate surface area is 245 Å². The first kappa shape index (κ1) is 29.9. The van der Waals surface area contributed by atoms with Crippen LogP contribution in [0.4, 0.5) is 19.0 Å². The average Bonchev–Trinajstić information content (AvgIpc) is 3.71. The molecule has 0 spiro atoms. The van der Waals surface area contributed by atoms with Crippen molar-refractivity contribution >= 4 is 29.0 Å². The number of rotatable bonds is 8. The summed E-state index contributed by atoms with van der Waals surface area (Å²) in [5.41, 5.74) is 12.6. The number of alkyl halides is 3. The second-order valence-electron chi connectivity index (χ2n) is 10.6. The van der Waals surface area contributed by atoms with Crippen LogP contribution < -0.4 is 21.5 Å². The molecule has 2 aliphatic rings. The fraction of sp³-hybridized carbons (Fsp3) is 0.414. The van der Waals surface area contributed by atoms with E-state index in [4.69, 9.17) is 21.2 Å². The highest BCUT2D eigenvalue weighted by atomic mass is 19.4. The van der Waals surface area contributed by atoms with Gasteiger partial charge in [-0.25, -0.2) is 9.97 Å². The van der Waals surface area contributed by atoms with Crippen LogP contribution in [-0.4, -0.2) is 69.3 Å². The van der Waals surface area contributed by atoms with E-state index in [1.165, 1.54) is 12.1 Å². The number of benzene rings is 1. The Bertz CT molecular complexity index is 1610. The number of nitrogen functional groups attached to an aromatic ring is 1. The van der Waals surface area contributed by atoms with Crippen molar-refractivity contribution in [2.75, 3.05) is 25.9 Å². The molecule has 3 heterocycles. The number of amides is 2. The molecule has 228 valence electrons.